The summed E-state index contributed by atoms with van der Waals surface area (Å²) in [7, 11) is 0. The third kappa shape index (κ3) is 5.17. The number of anilines is 3. The lowest BCUT2D eigenvalue weighted by atomic mass is 10.2. The molecule has 2 aromatic heterocycles. The van der Waals surface area contributed by atoms with Crippen molar-refractivity contribution < 1.29 is 9.59 Å². The third-order valence-corrected chi connectivity index (χ3v) is 3.30. The first-order chi connectivity index (χ1) is 12.5. The monoisotopic (exact) mass is 353 g/mol. The minimum absolute atomic E-state index is 0.229. The number of nitrogens with one attached hydrogen (secondary N) is 4. The highest BCUT2D eigenvalue weighted by molar-refractivity contribution is 5.99. The lowest BCUT2D eigenvalue weighted by Crippen LogP contribution is -2.43. The highest BCUT2D eigenvalue weighted by Crippen LogP contribution is 2.18. The summed E-state index contributed by atoms with van der Waals surface area (Å²) in [4.78, 5) is 32.2. The molecule has 3 amide bonds. The van der Waals surface area contributed by atoms with Crippen molar-refractivity contribution in [1.29, 1.82) is 5.26 Å². The molecule has 2 rings (SSSR count). The molecule has 0 saturated heterocycles. The Balaban J connectivity index is 1.99. The van der Waals surface area contributed by atoms with Gasteiger partial charge in [-0.05, 0) is 26.0 Å². The molecule has 2 heterocycles. The second-order valence-corrected chi connectivity index (χ2v) is 5.31. The summed E-state index contributed by atoms with van der Waals surface area (Å²) in [6, 6.07) is 5.54. The van der Waals surface area contributed by atoms with Gasteiger partial charge in [-0.1, -0.05) is 0 Å². The molecule has 1 unspecified atom stereocenters. The average Bonchev–Trinajstić information content (AvgIpc) is 2.63. The Kier molecular flexibility index (Phi) is 6.45. The van der Waals surface area contributed by atoms with Crippen molar-refractivity contribution in [1.82, 2.24) is 15.3 Å². The maximum atomic E-state index is 12.3. The number of hydrogen-bond acceptors (Lipinski definition) is 6. The molecule has 134 valence electrons. The molecule has 1 atom stereocenters. The number of nitrogens with zero attached hydrogens (tertiary/aromatic N) is 3. The van der Waals surface area contributed by atoms with Gasteiger partial charge in [-0.2, -0.15) is 5.26 Å². The van der Waals surface area contributed by atoms with Crippen LogP contribution in [0.5, 0.6) is 0 Å². The first-order valence-corrected chi connectivity index (χ1v) is 7.96. The van der Waals surface area contributed by atoms with Crippen LogP contribution < -0.4 is 21.3 Å². The van der Waals surface area contributed by atoms with Crippen molar-refractivity contribution in [3.8, 4) is 6.07 Å². The topological polar surface area (TPSA) is 132 Å². The Morgan fingerprint density at radius 2 is 2.12 bits per heavy atom. The van der Waals surface area contributed by atoms with Gasteiger partial charge < -0.3 is 21.3 Å². The number of carbonyl (C=O) groups is 2. The third-order valence-electron chi connectivity index (χ3n) is 3.30. The van der Waals surface area contributed by atoms with Crippen LogP contribution in [0.15, 0.2) is 36.8 Å². The fourth-order valence-electron chi connectivity index (χ4n) is 2.03. The highest BCUT2D eigenvalue weighted by Gasteiger charge is 2.17. The Labute approximate surface area is 150 Å². The van der Waals surface area contributed by atoms with E-state index in [-0.39, 0.29) is 5.56 Å². The number of urea groups is 1. The van der Waals surface area contributed by atoms with Gasteiger partial charge in [0.25, 0.3) is 0 Å². The van der Waals surface area contributed by atoms with E-state index >= 15 is 0 Å². The van der Waals surface area contributed by atoms with Crippen LogP contribution in [0.25, 0.3) is 0 Å². The normalized spacial score (nSPS) is 11.0. The molecule has 9 nitrogen and oxygen atoms in total. The molecule has 0 aliphatic heterocycles. The van der Waals surface area contributed by atoms with Gasteiger partial charge in [-0.15, -0.1) is 0 Å². The highest BCUT2D eigenvalue weighted by atomic mass is 16.2. The van der Waals surface area contributed by atoms with Gasteiger partial charge in [-0.3, -0.25) is 9.78 Å². The maximum Gasteiger partial charge on any atom is 0.319 e. The first kappa shape index (κ1) is 18.7. The molecule has 9 heteroatoms. The molecule has 0 aliphatic carbocycles. The van der Waals surface area contributed by atoms with E-state index in [2.05, 4.69) is 31.2 Å². The SMILES string of the molecule is CCNc1cc(NC(=O)C(C)NC(=O)Nc2cccnc2)c(C#N)cn1. The Bertz CT molecular complexity index is 818. The van der Waals surface area contributed by atoms with Crippen LogP contribution in [0.3, 0.4) is 0 Å². The molecule has 2 aromatic rings. The summed E-state index contributed by atoms with van der Waals surface area (Å²) >= 11 is 0. The summed E-state index contributed by atoms with van der Waals surface area (Å²) in [5, 5.41) is 19.9. The van der Waals surface area contributed by atoms with Crippen LogP contribution in [-0.4, -0.2) is 34.5 Å². The van der Waals surface area contributed by atoms with Crippen LogP contribution >= 0.6 is 0 Å². The summed E-state index contributed by atoms with van der Waals surface area (Å²) in [6.07, 6.45) is 4.45. The largest absolute Gasteiger partial charge is 0.370 e. The van der Waals surface area contributed by atoms with E-state index in [1.165, 1.54) is 19.3 Å². The molecule has 4 N–H and O–H groups in total. The van der Waals surface area contributed by atoms with Gasteiger partial charge >= 0.3 is 6.03 Å². The zero-order chi connectivity index (χ0) is 18.9. The van der Waals surface area contributed by atoms with Gasteiger partial charge in [0.1, 0.15) is 17.9 Å². The summed E-state index contributed by atoms with van der Waals surface area (Å²) < 4.78 is 0. The van der Waals surface area contributed by atoms with E-state index in [0.717, 1.165) is 0 Å². The number of hydrogen-bond donors (Lipinski definition) is 4. The lowest BCUT2D eigenvalue weighted by Gasteiger charge is -2.15. The van der Waals surface area contributed by atoms with Crippen LogP contribution in [0.4, 0.5) is 22.0 Å². The Hall–Kier alpha value is -3.67. The van der Waals surface area contributed by atoms with E-state index in [0.29, 0.717) is 23.7 Å². The first-order valence-electron chi connectivity index (χ1n) is 7.96. The van der Waals surface area contributed by atoms with Gasteiger partial charge in [0.05, 0.1) is 23.1 Å². The Morgan fingerprint density at radius 3 is 2.77 bits per heavy atom. The fourth-order valence-corrected chi connectivity index (χ4v) is 2.03. The van der Waals surface area contributed by atoms with Crippen LogP contribution in [0.1, 0.15) is 19.4 Å². The minimum Gasteiger partial charge on any atom is -0.370 e. The van der Waals surface area contributed by atoms with Crippen LogP contribution in [-0.2, 0) is 4.79 Å². The summed E-state index contributed by atoms with van der Waals surface area (Å²) in [5.41, 5.74) is 1.06. The molecule has 0 spiro atoms. The molecular formula is C17H19N7O2. The summed E-state index contributed by atoms with van der Waals surface area (Å²) in [5.74, 6) is 0.0771. The van der Waals surface area contributed by atoms with Crippen molar-refractivity contribution in [3.05, 3.63) is 42.4 Å². The Morgan fingerprint density at radius 1 is 1.31 bits per heavy atom. The minimum atomic E-state index is -0.825. The van der Waals surface area contributed by atoms with Crippen molar-refractivity contribution in [2.24, 2.45) is 0 Å². The quantitative estimate of drug-likeness (QED) is 0.627. The van der Waals surface area contributed by atoms with Crippen LogP contribution in [0.2, 0.25) is 0 Å². The fraction of sp³-hybridized carbons (Fsp3) is 0.235. The summed E-state index contributed by atoms with van der Waals surface area (Å²) in [6.45, 7) is 4.10. The zero-order valence-corrected chi connectivity index (χ0v) is 14.4. The number of pyridine rings is 2. The van der Waals surface area contributed by atoms with E-state index in [1.54, 1.807) is 24.4 Å². The van der Waals surface area contributed by atoms with Gasteiger partial charge in [-0.25, -0.2) is 9.78 Å². The van der Waals surface area contributed by atoms with Gasteiger partial charge in [0.15, 0.2) is 0 Å². The second-order valence-electron chi connectivity index (χ2n) is 5.31. The zero-order valence-electron chi connectivity index (χ0n) is 14.4. The number of rotatable bonds is 6. The molecule has 0 aliphatic rings. The molecule has 0 aromatic carbocycles. The van der Waals surface area contributed by atoms with Crippen LogP contribution in [0, 0.1) is 11.3 Å². The molecule has 0 radical (unpaired) electrons. The predicted molar refractivity (Wildman–Crippen MR) is 97.6 cm³/mol. The molecule has 0 saturated carbocycles. The molecular weight excluding hydrogens is 334 g/mol. The predicted octanol–water partition coefficient (Wildman–Crippen LogP) is 1.93. The maximum absolute atomic E-state index is 12.3. The van der Waals surface area contributed by atoms with E-state index < -0.39 is 18.0 Å². The van der Waals surface area contributed by atoms with Crippen molar-refractivity contribution in [3.63, 3.8) is 0 Å². The molecule has 26 heavy (non-hydrogen) atoms. The number of amides is 3. The molecule has 0 bridgehead atoms. The van der Waals surface area contributed by atoms with Gasteiger partial charge in [0, 0.05) is 25.0 Å². The van der Waals surface area contributed by atoms with Crippen molar-refractivity contribution >= 4 is 29.1 Å². The van der Waals surface area contributed by atoms with E-state index in [4.69, 9.17) is 5.26 Å². The second kappa shape index (κ2) is 8.98. The number of aromatic nitrogens is 2. The van der Waals surface area contributed by atoms with Crippen molar-refractivity contribution in [2.75, 3.05) is 22.5 Å². The standard InChI is InChI=1S/C17H19N7O2/c1-3-20-15-7-14(12(8-18)9-21-15)24-16(25)11(2)22-17(26)23-13-5-4-6-19-10-13/h4-7,9-11H,3H2,1-2H3,(H2,22,23,26)(H2,20,21,24,25). The number of nitriles is 1. The van der Waals surface area contributed by atoms with Crippen molar-refractivity contribution in [2.45, 2.75) is 19.9 Å². The van der Waals surface area contributed by atoms with E-state index in [1.807, 2.05) is 13.0 Å². The molecule has 0 fully saturated rings. The average molecular weight is 353 g/mol. The van der Waals surface area contributed by atoms with Gasteiger partial charge in [0.2, 0.25) is 5.91 Å². The lowest BCUT2D eigenvalue weighted by molar-refractivity contribution is -0.117. The smallest absolute Gasteiger partial charge is 0.319 e. The number of carbonyl (C=O) groups excluding carboxylic acids is 2. The van der Waals surface area contributed by atoms with E-state index in [9.17, 15) is 9.59 Å².